The Hall–Kier alpha value is -1.91. The number of nitrogens with zero attached hydrogens (tertiary/aromatic N) is 1. The van der Waals surface area contributed by atoms with Crippen molar-refractivity contribution in [3.63, 3.8) is 0 Å². The molecule has 0 atom stereocenters. The molecule has 0 aromatic heterocycles. The van der Waals surface area contributed by atoms with E-state index in [2.05, 4.69) is 13.8 Å². The molecule has 1 heterocycles. The maximum absolute atomic E-state index is 12.9. The summed E-state index contributed by atoms with van der Waals surface area (Å²) in [6.45, 7) is 5.83. The number of likely N-dealkylation sites (tertiary alicyclic amines) is 1. The van der Waals surface area contributed by atoms with Crippen LogP contribution in [0.15, 0.2) is 24.3 Å². The quantitative estimate of drug-likeness (QED) is 0.589. The van der Waals surface area contributed by atoms with Gasteiger partial charge in [-0.1, -0.05) is 13.8 Å². The summed E-state index contributed by atoms with van der Waals surface area (Å²) < 4.78 is 18.3. The third-order valence-electron chi connectivity index (χ3n) is 4.38. The van der Waals surface area contributed by atoms with Crippen LogP contribution in [-0.2, 0) is 9.53 Å². The Morgan fingerprint density at radius 1 is 1.21 bits per heavy atom. The number of piperidine rings is 1. The fourth-order valence-electron chi connectivity index (χ4n) is 2.88. The molecule has 0 N–H and O–H groups in total. The first-order valence-electron chi connectivity index (χ1n) is 8.69. The highest BCUT2D eigenvalue weighted by molar-refractivity contribution is 5.94. The zero-order valence-corrected chi connectivity index (χ0v) is 14.5. The summed E-state index contributed by atoms with van der Waals surface area (Å²) >= 11 is 0. The lowest BCUT2D eigenvalue weighted by atomic mass is 9.96. The Morgan fingerprint density at radius 3 is 2.42 bits per heavy atom. The van der Waals surface area contributed by atoms with Crippen LogP contribution in [0.5, 0.6) is 0 Å². The molecule has 1 amide bonds. The molecule has 1 aromatic carbocycles. The van der Waals surface area contributed by atoms with Gasteiger partial charge in [-0.2, -0.15) is 0 Å². The summed E-state index contributed by atoms with van der Waals surface area (Å²) in [5.74, 6) is -0.123. The smallest absolute Gasteiger partial charge is 0.309 e. The monoisotopic (exact) mass is 335 g/mol. The summed E-state index contributed by atoms with van der Waals surface area (Å²) in [5.41, 5.74) is 0.478. The van der Waals surface area contributed by atoms with E-state index in [1.807, 2.05) is 0 Å². The Kier molecular flexibility index (Phi) is 6.76. The van der Waals surface area contributed by atoms with E-state index in [1.54, 1.807) is 4.90 Å². The molecule has 1 fully saturated rings. The number of carbonyl (C=O) groups is 2. The molecule has 0 saturated carbocycles. The van der Waals surface area contributed by atoms with Gasteiger partial charge in [0, 0.05) is 18.7 Å². The van der Waals surface area contributed by atoms with Gasteiger partial charge in [-0.15, -0.1) is 0 Å². The fourth-order valence-corrected chi connectivity index (χ4v) is 2.88. The standard InChI is InChI=1S/C19H26FNO3/c1-14(2)4-3-13-24-19(23)16-9-11-21(12-10-16)18(22)15-5-7-17(20)8-6-15/h5-8,14,16H,3-4,9-13H2,1-2H3. The fraction of sp³-hybridized carbons (Fsp3) is 0.579. The molecule has 0 unspecified atom stereocenters. The summed E-state index contributed by atoms with van der Waals surface area (Å²) in [6.07, 6.45) is 3.19. The number of benzene rings is 1. The van der Waals surface area contributed by atoms with Crippen LogP contribution >= 0.6 is 0 Å². The van der Waals surface area contributed by atoms with Gasteiger partial charge in [-0.3, -0.25) is 9.59 Å². The van der Waals surface area contributed by atoms with Crippen LogP contribution in [0, 0.1) is 17.7 Å². The average Bonchev–Trinajstić information content (AvgIpc) is 2.58. The van der Waals surface area contributed by atoms with E-state index in [4.69, 9.17) is 4.74 Å². The maximum Gasteiger partial charge on any atom is 0.309 e. The summed E-state index contributed by atoms with van der Waals surface area (Å²) in [4.78, 5) is 26.1. The lowest BCUT2D eigenvalue weighted by Crippen LogP contribution is -2.40. The van der Waals surface area contributed by atoms with Crippen LogP contribution in [0.25, 0.3) is 0 Å². The zero-order chi connectivity index (χ0) is 17.5. The van der Waals surface area contributed by atoms with Crippen LogP contribution in [0.2, 0.25) is 0 Å². The van der Waals surface area contributed by atoms with Crippen molar-refractivity contribution in [2.75, 3.05) is 19.7 Å². The van der Waals surface area contributed by atoms with Gasteiger partial charge in [0.1, 0.15) is 5.82 Å². The first-order valence-corrected chi connectivity index (χ1v) is 8.69. The number of carbonyl (C=O) groups excluding carboxylic acids is 2. The molecule has 1 aromatic rings. The first kappa shape index (κ1) is 18.4. The molecule has 132 valence electrons. The van der Waals surface area contributed by atoms with Crippen molar-refractivity contribution in [3.8, 4) is 0 Å². The minimum atomic E-state index is -0.356. The topological polar surface area (TPSA) is 46.6 Å². The van der Waals surface area contributed by atoms with Crippen LogP contribution < -0.4 is 0 Å². The normalized spacial score (nSPS) is 15.6. The molecule has 1 aliphatic heterocycles. The number of rotatable bonds is 6. The molecular weight excluding hydrogens is 309 g/mol. The first-order chi connectivity index (χ1) is 11.5. The van der Waals surface area contributed by atoms with Crippen LogP contribution in [0.4, 0.5) is 4.39 Å². The van der Waals surface area contributed by atoms with Gasteiger partial charge in [0.05, 0.1) is 12.5 Å². The predicted octanol–water partition coefficient (Wildman–Crippen LogP) is 3.66. The van der Waals surface area contributed by atoms with Gasteiger partial charge in [-0.25, -0.2) is 4.39 Å². The van der Waals surface area contributed by atoms with E-state index < -0.39 is 0 Å². The number of halogens is 1. The molecule has 2 rings (SSSR count). The highest BCUT2D eigenvalue weighted by atomic mass is 19.1. The van der Waals surface area contributed by atoms with Gasteiger partial charge in [0.15, 0.2) is 0 Å². The van der Waals surface area contributed by atoms with Crippen molar-refractivity contribution in [1.82, 2.24) is 4.90 Å². The van der Waals surface area contributed by atoms with E-state index in [-0.39, 0.29) is 23.6 Å². The highest BCUT2D eigenvalue weighted by Crippen LogP contribution is 2.21. The Bertz CT molecular complexity index is 548. The molecular formula is C19H26FNO3. The van der Waals surface area contributed by atoms with Crippen LogP contribution in [0.3, 0.4) is 0 Å². The zero-order valence-electron chi connectivity index (χ0n) is 14.5. The van der Waals surface area contributed by atoms with Crippen LogP contribution in [-0.4, -0.2) is 36.5 Å². The van der Waals surface area contributed by atoms with Crippen molar-refractivity contribution in [1.29, 1.82) is 0 Å². The van der Waals surface area contributed by atoms with E-state index in [1.165, 1.54) is 24.3 Å². The number of ether oxygens (including phenoxy) is 1. The van der Waals surface area contributed by atoms with Crippen molar-refractivity contribution in [3.05, 3.63) is 35.6 Å². The van der Waals surface area contributed by atoms with Crippen LogP contribution in [0.1, 0.15) is 49.9 Å². The summed E-state index contributed by atoms with van der Waals surface area (Å²) in [6, 6.07) is 5.56. The molecule has 24 heavy (non-hydrogen) atoms. The molecule has 0 spiro atoms. The SMILES string of the molecule is CC(C)CCCOC(=O)C1CCN(C(=O)c2ccc(F)cc2)CC1. The number of hydrogen-bond donors (Lipinski definition) is 0. The van der Waals surface area contributed by atoms with E-state index >= 15 is 0 Å². The number of esters is 1. The molecule has 4 nitrogen and oxygen atoms in total. The third kappa shape index (κ3) is 5.32. The molecule has 1 aliphatic rings. The van der Waals surface area contributed by atoms with Gasteiger partial charge in [-0.05, 0) is 55.9 Å². The van der Waals surface area contributed by atoms with E-state index in [0.717, 1.165) is 12.8 Å². The van der Waals surface area contributed by atoms with Crippen molar-refractivity contribution >= 4 is 11.9 Å². The van der Waals surface area contributed by atoms with Gasteiger partial charge in [0.2, 0.25) is 0 Å². The van der Waals surface area contributed by atoms with Gasteiger partial charge < -0.3 is 9.64 Å². The van der Waals surface area contributed by atoms with Gasteiger partial charge in [0.25, 0.3) is 5.91 Å². The van der Waals surface area contributed by atoms with Crippen molar-refractivity contribution < 1.29 is 18.7 Å². The van der Waals surface area contributed by atoms with Crippen molar-refractivity contribution in [2.24, 2.45) is 11.8 Å². The maximum atomic E-state index is 12.9. The summed E-state index contributed by atoms with van der Waals surface area (Å²) in [5, 5.41) is 0. The van der Waals surface area contributed by atoms with E-state index in [0.29, 0.717) is 44.0 Å². The second-order valence-corrected chi connectivity index (χ2v) is 6.78. The average molecular weight is 335 g/mol. The predicted molar refractivity (Wildman–Crippen MR) is 90.1 cm³/mol. The molecule has 0 radical (unpaired) electrons. The Morgan fingerprint density at radius 2 is 1.83 bits per heavy atom. The minimum absolute atomic E-state index is 0.112. The number of amides is 1. The molecule has 0 aliphatic carbocycles. The minimum Gasteiger partial charge on any atom is -0.465 e. The second-order valence-electron chi connectivity index (χ2n) is 6.78. The largest absolute Gasteiger partial charge is 0.465 e. The number of hydrogen-bond acceptors (Lipinski definition) is 3. The highest BCUT2D eigenvalue weighted by Gasteiger charge is 2.28. The van der Waals surface area contributed by atoms with Crippen molar-refractivity contribution in [2.45, 2.75) is 39.5 Å². The Labute approximate surface area is 143 Å². The third-order valence-corrected chi connectivity index (χ3v) is 4.38. The molecule has 5 heteroatoms. The lowest BCUT2D eigenvalue weighted by Gasteiger charge is -2.31. The van der Waals surface area contributed by atoms with Gasteiger partial charge >= 0.3 is 5.97 Å². The second kappa shape index (κ2) is 8.81. The Balaban J connectivity index is 1.75. The summed E-state index contributed by atoms with van der Waals surface area (Å²) in [7, 11) is 0. The lowest BCUT2D eigenvalue weighted by molar-refractivity contribution is -0.150. The van der Waals surface area contributed by atoms with E-state index in [9.17, 15) is 14.0 Å². The molecule has 0 bridgehead atoms. The molecule has 1 saturated heterocycles.